The van der Waals surface area contributed by atoms with Gasteiger partial charge in [-0.05, 0) is 29.3 Å². The molecule has 0 aromatic heterocycles. The molecule has 1 amide bonds. The van der Waals surface area contributed by atoms with Gasteiger partial charge >= 0.3 is 5.97 Å². The Hall–Kier alpha value is -2.84. The number of aliphatic carboxylic acids is 1. The summed E-state index contributed by atoms with van der Waals surface area (Å²) in [6.07, 6.45) is 1.84. The minimum atomic E-state index is -1.10. The number of thiocarbonyl (C=S) groups is 1. The topological polar surface area (TPSA) is 76.1 Å². The number of carboxylic acids is 1. The molecule has 0 aliphatic carbocycles. The van der Waals surface area contributed by atoms with Gasteiger partial charge in [0.1, 0.15) is 10.4 Å². The van der Waals surface area contributed by atoms with E-state index in [0.29, 0.717) is 16.4 Å². The number of thioether (sulfide) groups is 1. The maximum atomic E-state index is 13.0. The number of methoxy groups -OCH3 is 2. The van der Waals surface area contributed by atoms with Gasteiger partial charge in [-0.3, -0.25) is 9.69 Å². The van der Waals surface area contributed by atoms with Crippen LogP contribution in [0.15, 0.2) is 53.4 Å². The van der Waals surface area contributed by atoms with Gasteiger partial charge in [0, 0.05) is 6.42 Å². The lowest BCUT2D eigenvalue weighted by molar-refractivity contribution is -0.145. The molecule has 0 saturated carbocycles. The van der Waals surface area contributed by atoms with Crippen LogP contribution in [0.25, 0.3) is 6.08 Å². The summed E-state index contributed by atoms with van der Waals surface area (Å²) in [6.45, 7) is 0. The molecule has 0 radical (unpaired) electrons. The molecule has 0 unspecified atom stereocenters. The van der Waals surface area contributed by atoms with Crippen molar-refractivity contribution in [3.63, 3.8) is 0 Å². The van der Waals surface area contributed by atoms with E-state index in [4.69, 9.17) is 21.7 Å². The number of nitrogens with zero attached hydrogens (tertiary/aromatic N) is 1. The molecule has 0 spiro atoms. The van der Waals surface area contributed by atoms with Gasteiger partial charge in [0.05, 0.1) is 19.1 Å². The second-order valence-corrected chi connectivity index (χ2v) is 7.89. The molecule has 150 valence electrons. The maximum Gasteiger partial charge on any atom is 0.327 e. The third-order valence-corrected chi connectivity index (χ3v) is 5.73. The molecule has 29 heavy (non-hydrogen) atoms. The summed E-state index contributed by atoms with van der Waals surface area (Å²) < 4.78 is 10.7. The number of carboxylic acid groups (broad SMARTS) is 1. The fraction of sp³-hybridized carbons (Fsp3) is 0.190. The Labute approximate surface area is 178 Å². The van der Waals surface area contributed by atoms with Crippen molar-refractivity contribution >= 4 is 46.3 Å². The fourth-order valence-corrected chi connectivity index (χ4v) is 4.33. The number of amides is 1. The number of rotatable bonds is 7. The van der Waals surface area contributed by atoms with Crippen LogP contribution in [0.4, 0.5) is 0 Å². The van der Waals surface area contributed by atoms with Crippen LogP contribution < -0.4 is 9.47 Å². The first-order valence-corrected chi connectivity index (χ1v) is 9.93. The van der Waals surface area contributed by atoms with Gasteiger partial charge in [-0.1, -0.05) is 60.4 Å². The lowest BCUT2D eigenvalue weighted by Crippen LogP contribution is -2.45. The molecular formula is C21H19NO5S2. The number of hydrogen-bond donors (Lipinski definition) is 1. The van der Waals surface area contributed by atoms with E-state index in [-0.39, 0.29) is 10.7 Å². The van der Waals surface area contributed by atoms with E-state index in [1.54, 1.807) is 31.4 Å². The molecule has 1 fully saturated rings. The highest BCUT2D eigenvalue weighted by Gasteiger charge is 2.40. The zero-order chi connectivity index (χ0) is 21.0. The number of benzene rings is 2. The first kappa shape index (κ1) is 20.9. The van der Waals surface area contributed by atoms with Crippen molar-refractivity contribution in [2.75, 3.05) is 14.2 Å². The monoisotopic (exact) mass is 429 g/mol. The normalized spacial score (nSPS) is 16.2. The zero-order valence-electron chi connectivity index (χ0n) is 15.8. The van der Waals surface area contributed by atoms with Crippen molar-refractivity contribution in [1.82, 2.24) is 4.90 Å². The van der Waals surface area contributed by atoms with Gasteiger partial charge in [0.15, 0.2) is 11.5 Å². The molecule has 3 rings (SSSR count). The molecular weight excluding hydrogens is 410 g/mol. The van der Waals surface area contributed by atoms with Crippen molar-refractivity contribution in [3.8, 4) is 11.5 Å². The standard InChI is InChI=1S/C21H19NO5S2/c1-26-16-9-8-14(11-17(16)27-2)12-18-19(23)22(21(28)29-18)15(20(24)25)10-13-6-4-3-5-7-13/h3-9,11-12,15H,10H2,1-2H3,(H,24,25)/b18-12-/t15-/m0/s1. The number of hydrogen-bond acceptors (Lipinski definition) is 6. The van der Waals surface area contributed by atoms with Crippen molar-refractivity contribution in [3.05, 3.63) is 64.6 Å². The Kier molecular flexibility index (Phi) is 6.56. The SMILES string of the molecule is COc1ccc(/C=C2\SC(=S)N([C@@H](Cc3ccccc3)C(=O)O)C2=O)cc1OC. The van der Waals surface area contributed by atoms with E-state index in [1.807, 2.05) is 30.3 Å². The minimum Gasteiger partial charge on any atom is -0.493 e. The molecule has 1 heterocycles. The highest BCUT2D eigenvalue weighted by atomic mass is 32.2. The molecule has 1 saturated heterocycles. The van der Waals surface area contributed by atoms with Gasteiger partial charge in [-0.2, -0.15) is 0 Å². The van der Waals surface area contributed by atoms with E-state index in [9.17, 15) is 14.7 Å². The highest BCUT2D eigenvalue weighted by Crippen LogP contribution is 2.36. The van der Waals surface area contributed by atoms with Crippen molar-refractivity contribution < 1.29 is 24.2 Å². The molecule has 1 N–H and O–H groups in total. The lowest BCUT2D eigenvalue weighted by Gasteiger charge is -2.23. The highest BCUT2D eigenvalue weighted by molar-refractivity contribution is 8.26. The van der Waals surface area contributed by atoms with Gasteiger partial charge in [0.2, 0.25) is 0 Å². The third kappa shape index (κ3) is 4.60. The van der Waals surface area contributed by atoms with Crippen LogP contribution in [0.5, 0.6) is 11.5 Å². The fourth-order valence-electron chi connectivity index (χ4n) is 2.97. The summed E-state index contributed by atoms with van der Waals surface area (Å²) in [5.41, 5.74) is 1.54. The van der Waals surface area contributed by atoms with Gasteiger partial charge in [-0.25, -0.2) is 4.79 Å². The number of carbonyl (C=O) groups is 2. The molecule has 0 bridgehead atoms. The van der Waals surface area contributed by atoms with Crippen LogP contribution in [0.2, 0.25) is 0 Å². The molecule has 1 aliphatic rings. The van der Waals surface area contributed by atoms with E-state index >= 15 is 0 Å². The summed E-state index contributed by atoms with van der Waals surface area (Å²) in [5, 5.41) is 9.72. The quantitative estimate of drug-likeness (QED) is 0.532. The third-order valence-electron chi connectivity index (χ3n) is 4.40. The summed E-state index contributed by atoms with van der Waals surface area (Å²) in [5.74, 6) is -0.411. The number of carbonyl (C=O) groups excluding carboxylic acids is 1. The molecule has 8 heteroatoms. The second kappa shape index (κ2) is 9.11. The second-order valence-electron chi connectivity index (χ2n) is 6.21. The van der Waals surface area contributed by atoms with Crippen LogP contribution in [0, 0.1) is 0 Å². The molecule has 6 nitrogen and oxygen atoms in total. The Balaban J connectivity index is 1.88. The van der Waals surface area contributed by atoms with Crippen LogP contribution in [0.1, 0.15) is 11.1 Å². The molecule has 1 aliphatic heterocycles. The predicted molar refractivity (Wildman–Crippen MR) is 116 cm³/mol. The van der Waals surface area contributed by atoms with E-state index in [1.165, 1.54) is 12.0 Å². The van der Waals surface area contributed by atoms with Gasteiger partial charge in [0.25, 0.3) is 5.91 Å². The first-order chi connectivity index (χ1) is 13.9. The Morgan fingerprint density at radius 1 is 1.17 bits per heavy atom. The summed E-state index contributed by atoms with van der Waals surface area (Å²) in [4.78, 5) is 26.4. The van der Waals surface area contributed by atoms with Crippen LogP contribution >= 0.6 is 24.0 Å². The van der Waals surface area contributed by atoms with Crippen molar-refractivity contribution in [1.29, 1.82) is 0 Å². The average Bonchev–Trinajstić information content (AvgIpc) is 2.99. The Bertz CT molecular complexity index is 974. The molecule has 2 aromatic rings. The first-order valence-electron chi connectivity index (χ1n) is 8.70. The van der Waals surface area contributed by atoms with E-state index in [2.05, 4.69) is 0 Å². The predicted octanol–water partition coefficient (Wildman–Crippen LogP) is 3.60. The van der Waals surface area contributed by atoms with Crippen LogP contribution in [0.3, 0.4) is 0 Å². The molecule has 2 aromatic carbocycles. The van der Waals surface area contributed by atoms with Crippen molar-refractivity contribution in [2.45, 2.75) is 12.5 Å². The Morgan fingerprint density at radius 3 is 2.48 bits per heavy atom. The van der Waals surface area contributed by atoms with Gasteiger partial charge in [-0.15, -0.1) is 0 Å². The largest absolute Gasteiger partial charge is 0.493 e. The van der Waals surface area contributed by atoms with Crippen LogP contribution in [-0.2, 0) is 16.0 Å². The van der Waals surface area contributed by atoms with E-state index < -0.39 is 17.9 Å². The summed E-state index contributed by atoms with van der Waals surface area (Å²) >= 11 is 6.42. The summed E-state index contributed by atoms with van der Waals surface area (Å²) in [6, 6.07) is 13.4. The maximum absolute atomic E-state index is 13.0. The molecule has 1 atom stereocenters. The average molecular weight is 430 g/mol. The lowest BCUT2D eigenvalue weighted by atomic mass is 10.0. The smallest absolute Gasteiger partial charge is 0.327 e. The summed E-state index contributed by atoms with van der Waals surface area (Å²) in [7, 11) is 3.07. The van der Waals surface area contributed by atoms with Crippen LogP contribution in [-0.4, -0.2) is 46.5 Å². The zero-order valence-corrected chi connectivity index (χ0v) is 17.5. The van der Waals surface area contributed by atoms with Crippen molar-refractivity contribution in [2.24, 2.45) is 0 Å². The number of ether oxygens (including phenoxy) is 2. The van der Waals surface area contributed by atoms with E-state index in [0.717, 1.165) is 22.9 Å². The Morgan fingerprint density at radius 2 is 1.86 bits per heavy atom. The minimum absolute atomic E-state index is 0.173. The van der Waals surface area contributed by atoms with Gasteiger partial charge < -0.3 is 14.6 Å².